The average Bonchev–Trinajstić information content (AvgIpc) is 2.94. The third-order valence-electron chi connectivity index (χ3n) is 4.83. The first-order chi connectivity index (χ1) is 8.21. The van der Waals surface area contributed by atoms with Crippen LogP contribution in [0.1, 0.15) is 25.7 Å². The molecule has 0 amide bonds. The minimum absolute atomic E-state index is 0.207. The maximum Gasteiger partial charge on any atom is 0.255 e. The van der Waals surface area contributed by atoms with E-state index in [9.17, 15) is 8.78 Å². The van der Waals surface area contributed by atoms with Crippen molar-refractivity contribution in [2.45, 2.75) is 31.6 Å². The Bertz CT molecular complexity index is 247. The van der Waals surface area contributed by atoms with Crippen LogP contribution in [0.2, 0.25) is 0 Å². The Balaban J connectivity index is 1.64. The van der Waals surface area contributed by atoms with Gasteiger partial charge in [0.25, 0.3) is 5.92 Å². The van der Waals surface area contributed by atoms with E-state index >= 15 is 0 Å². The summed E-state index contributed by atoms with van der Waals surface area (Å²) in [5, 5.41) is 3.25. The van der Waals surface area contributed by atoms with Crippen molar-refractivity contribution in [3.63, 3.8) is 0 Å². The lowest BCUT2D eigenvalue weighted by molar-refractivity contribution is 0.0278. The average molecular weight is 245 g/mol. The number of hydrogen-bond donors (Lipinski definition) is 1. The summed E-state index contributed by atoms with van der Waals surface area (Å²) < 4.78 is 33.2. The zero-order valence-corrected chi connectivity index (χ0v) is 10.1. The molecule has 4 heteroatoms. The first kappa shape index (κ1) is 11.8. The second kappa shape index (κ2) is 4.47. The van der Waals surface area contributed by atoms with Crippen LogP contribution >= 0.6 is 0 Å². The number of alkyl halides is 2. The number of ether oxygens (including phenoxy) is 1. The lowest BCUT2D eigenvalue weighted by atomic mass is 9.87. The van der Waals surface area contributed by atoms with E-state index in [0.29, 0.717) is 13.2 Å². The molecule has 1 N–H and O–H groups in total. The van der Waals surface area contributed by atoms with Crippen molar-refractivity contribution in [3.8, 4) is 0 Å². The van der Waals surface area contributed by atoms with E-state index < -0.39 is 5.92 Å². The molecule has 0 aromatic carbocycles. The van der Waals surface area contributed by atoms with Crippen LogP contribution in [-0.4, -0.2) is 32.2 Å². The molecule has 3 rings (SSSR count). The maximum atomic E-state index is 14.0. The fraction of sp³-hybridized carbons (Fsp3) is 1.00. The van der Waals surface area contributed by atoms with Crippen LogP contribution in [0, 0.1) is 23.7 Å². The van der Waals surface area contributed by atoms with Gasteiger partial charge >= 0.3 is 0 Å². The molecule has 2 aliphatic heterocycles. The first-order valence-electron chi connectivity index (χ1n) is 6.87. The third kappa shape index (κ3) is 2.10. The highest BCUT2D eigenvalue weighted by Crippen LogP contribution is 2.64. The summed E-state index contributed by atoms with van der Waals surface area (Å²) in [4.78, 5) is 0. The van der Waals surface area contributed by atoms with E-state index in [0.717, 1.165) is 38.8 Å². The van der Waals surface area contributed by atoms with Crippen molar-refractivity contribution >= 4 is 0 Å². The van der Waals surface area contributed by atoms with Gasteiger partial charge in [-0.05, 0) is 50.6 Å². The summed E-state index contributed by atoms with van der Waals surface area (Å²) in [5.74, 6) is -2.59. The summed E-state index contributed by atoms with van der Waals surface area (Å²) in [6.07, 6.45) is 3.53. The molecule has 98 valence electrons. The molecule has 2 unspecified atom stereocenters. The van der Waals surface area contributed by atoms with E-state index in [4.69, 9.17) is 4.74 Å². The predicted molar refractivity (Wildman–Crippen MR) is 61.1 cm³/mol. The zero-order chi connectivity index (χ0) is 11.9. The Morgan fingerprint density at radius 3 is 2.00 bits per heavy atom. The van der Waals surface area contributed by atoms with Crippen molar-refractivity contribution in [3.05, 3.63) is 0 Å². The van der Waals surface area contributed by atoms with Crippen LogP contribution < -0.4 is 5.32 Å². The minimum Gasteiger partial charge on any atom is -0.381 e. The standard InChI is InChI=1S/C13H21F2NO/c14-13(15)11(9-1-5-16-6-2-9)12(13)10-3-7-17-8-4-10/h9-12,16H,1-8H2. The molecule has 0 bridgehead atoms. The van der Waals surface area contributed by atoms with Gasteiger partial charge in [-0.15, -0.1) is 0 Å². The van der Waals surface area contributed by atoms with Crippen molar-refractivity contribution < 1.29 is 13.5 Å². The lowest BCUT2D eigenvalue weighted by Crippen LogP contribution is -2.30. The smallest absolute Gasteiger partial charge is 0.255 e. The van der Waals surface area contributed by atoms with Gasteiger partial charge in [0, 0.05) is 25.0 Å². The van der Waals surface area contributed by atoms with Gasteiger partial charge in [-0.2, -0.15) is 0 Å². The number of halogens is 2. The van der Waals surface area contributed by atoms with E-state index in [1.54, 1.807) is 0 Å². The van der Waals surface area contributed by atoms with Gasteiger partial charge in [-0.25, -0.2) is 8.78 Å². The minimum atomic E-state index is -2.38. The summed E-state index contributed by atoms with van der Waals surface area (Å²) in [5.41, 5.74) is 0. The van der Waals surface area contributed by atoms with Crippen LogP contribution in [0.4, 0.5) is 8.78 Å². The second-order valence-electron chi connectivity index (χ2n) is 5.76. The van der Waals surface area contributed by atoms with E-state index in [-0.39, 0.29) is 23.7 Å². The molecule has 2 saturated heterocycles. The summed E-state index contributed by atoms with van der Waals surface area (Å²) in [6.45, 7) is 3.18. The van der Waals surface area contributed by atoms with Crippen LogP contribution in [0.25, 0.3) is 0 Å². The third-order valence-corrected chi connectivity index (χ3v) is 4.83. The largest absolute Gasteiger partial charge is 0.381 e. The molecule has 17 heavy (non-hydrogen) atoms. The van der Waals surface area contributed by atoms with E-state index in [2.05, 4.69) is 5.32 Å². The molecular weight excluding hydrogens is 224 g/mol. The first-order valence-corrected chi connectivity index (χ1v) is 6.87. The second-order valence-corrected chi connectivity index (χ2v) is 5.76. The summed E-state index contributed by atoms with van der Waals surface area (Å²) in [6, 6.07) is 0. The number of piperidine rings is 1. The highest BCUT2D eigenvalue weighted by atomic mass is 19.3. The molecule has 3 fully saturated rings. The molecule has 2 nitrogen and oxygen atoms in total. The van der Waals surface area contributed by atoms with Crippen LogP contribution in [-0.2, 0) is 4.74 Å². The molecular formula is C13H21F2NO. The fourth-order valence-electron chi connectivity index (χ4n) is 3.87. The zero-order valence-electron chi connectivity index (χ0n) is 10.1. The summed E-state index contributed by atoms with van der Waals surface area (Å²) in [7, 11) is 0. The monoisotopic (exact) mass is 245 g/mol. The van der Waals surface area contributed by atoms with Crippen molar-refractivity contribution in [2.24, 2.45) is 23.7 Å². The Kier molecular flexibility index (Phi) is 3.11. The van der Waals surface area contributed by atoms with Gasteiger partial charge in [-0.1, -0.05) is 0 Å². The van der Waals surface area contributed by atoms with Crippen LogP contribution in [0.5, 0.6) is 0 Å². The van der Waals surface area contributed by atoms with E-state index in [1.165, 1.54) is 0 Å². The predicted octanol–water partition coefficient (Wildman–Crippen LogP) is 2.29. The lowest BCUT2D eigenvalue weighted by Gasteiger charge is -2.25. The highest BCUT2D eigenvalue weighted by Gasteiger charge is 2.71. The molecule has 2 heterocycles. The van der Waals surface area contributed by atoms with Gasteiger partial charge in [-0.3, -0.25) is 0 Å². The number of rotatable bonds is 2. The molecule has 0 aromatic heterocycles. The van der Waals surface area contributed by atoms with Crippen molar-refractivity contribution in [2.75, 3.05) is 26.3 Å². The maximum absolute atomic E-state index is 14.0. The fourth-order valence-corrected chi connectivity index (χ4v) is 3.87. The molecule has 0 spiro atoms. The van der Waals surface area contributed by atoms with Gasteiger partial charge in [0.1, 0.15) is 0 Å². The van der Waals surface area contributed by atoms with Gasteiger partial charge in [0.15, 0.2) is 0 Å². The Morgan fingerprint density at radius 2 is 1.41 bits per heavy atom. The molecule has 0 radical (unpaired) electrons. The van der Waals surface area contributed by atoms with Crippen LogP contribution in [0.15, 0.2) is 0 Å². The van der Waals surface area contributed by atoms with Crippen molar-refractivity contribution in [1.29, 1.82) is 0 Å². The van der Waals surface area contributed by atoms with Crippen molar-refractivity contribution in [1.82, 2.24) is 5.32 Å². The summed E-state index contributed by atoms with van der Waals surface area (Å²) >= 11 is 0. The Morgan fingerprint density at radius 1 is 0.882 bits per heavy atom. The van der Waals surface area contributed by atoms with Gasteiger partial charge in [0.05, 0.1) is 0 Å². The molecule has 3 aliphatic rings. The molecule has 2 atom stereocenters. The Hall–Kier alpha value is -0.220. The number of nitrogens with one attached hydrogen (secondary N) is 1. The quantitative estimate of drug-likeness (QED) is 0.806. The Labute approximate surface area is 101 Å². The highest BCUT2D eigenvalue weighted by molar-refractivity contribution is 5.11. The van der Waals surface area contributed by atoms with Gasteiger partial charge < -0.3 is 10.1 Å². The number of hydrogen-bond acceptors (Lipinski definition) is 2. The normalized spacial score (nSPS) is 39.2. The SMILES string of the molecule is FC1(F)C(C2CCNCC2)C1C1CCOCC1. The topological polar surface area (TPSA) is 21.3 Å². The molecule has 1 saturated carbocycles. The van der Waals surface area contributed by atoms with Crippen LogP contribution in [0.3, 0.4) is 0 Å². The van der Waals surface area contributed by atoms with E-state index in [1.807, 2.05) is 0 Å². The molecule has 1 aliphatic carbocycles. The van der Waals surface area contributed by atoms with Gasteiger partial charge in [0.2, 0.25) is 0 Å². The molecule has 0 aromatic rings.